The minimum Gasteiger partial charge on any atom is -0.365 e. The third-order valence-corrected chi connectivity index (χ3v) is 4.61. The average molecular weight is 362 g/mol. The third kappa shape index (κ3) is 2.92. The van der Waals surface area contributed by atoms with Gasteiger partial charge in [0.15, 0.2) is 5.69 Å². The molecule has 2 aromatic heterocycles. The molecule has 0 spiro atoms. The van der Waals surface area contributed by atoms with Crippen molar-refractivity contribution in [3.8, 4) is 23.0 Å². The van der Waals surface area contributed by atoms with E-state index in [2.05, 4.69) is 15.1 Å². The standard InChI is InChI=1S/C20H15FN4O2/c21-15-8-4-7-14(9-15)17-10-25-12-22-18(16(25)11-26-17)20-23-19(24-27-20)13-5-2-1-3-6-13/h1-9,12,17H,10-11H2/t17-/m0/s1. The second-order valence-corrected chi connectivity index (χ2v) is 6.34. The molecule has 1 atom stereocenters. The molecule has 5 rings (SSSR count). The fourth-order valence-electron chi connectivity index (χ4n) is 3.24. The summed E-state index contributed by atoms with van der Waals surface area (Å²) in [4.78, 5) is 8.89. The van der Waals surface area contributed by atoms with Crippen LogP contribution in [0.5, 0.6) is 0 Å². The first-order chi connectivity index (χ1) is 13.3. The molecule has 4 aromatic rings. The van der Waals surface area contributed by atoms with Crippen molar-refractivity contribution in [1.29, 1.82) is 0 Å². The highest BCUT2D eigenvalue weighted by atomic mass is 19.1. The molecule has 0 saturated heterocycles. The number of fused-ring (bicyclic) bond motifs is 1. The van der Waals surface area contributed by atoms with Crippen molar-refractivity contribution in [2.24, 2.45) is 0 Å². The number of aromatic nitrogens is 4. The maximum atomic E-state index is 13.5. The molecule has 0 fully saturated rings. The van der Waals surface area contributed by atoms with Gasteiger partial charge >= 0.3 is 0 Å². The van der Waals surface area contributed by atoms with Crippen LogP contribution in [-0.2, 0) is 17.9 Å². The second-order valence-electron chi connectivity index (χ2n) is 6.34. The Balaban J connectivity index is 1.43. The lowest BCUT2D eigenvalue weighted by atomic mass is 10.1. The van der Waals surface area contributed by atoms with Gasteiger partial charge in [0.05, 0.1) is 25.2 Å². The van der Waals surface area contributed by atoms with Crippen LogP contribution < -0.4 is 0 Å². The summed E-state index contributed by atoms with van der Waals surface area (Å²) < 4.78 is 26.8. The van der Waals surface area contributed by atoms with Gasteiger partial charge in [-0.1, -0.05) is 47.6 Å². The van der Waals surface area contributed by atoms with Gasteiger partial charge in [0.25, 0.3) is 5.89 Å². The summed E-state index contributed by atoms with van der Waals surface area (Å²) in [5.74, 6) is 0.602. The highest BCUT2D eigenvalue weighted by molar-refractivity contribution is 5.58. The van der Waals surface area contributed by atoms with Crippen LogP contribution in [-0.4, -0.2) is 19.7 Å². The normalized spacial score (nSPS) is 16.3. The first-order valence-corrected chi connectivity index (χ1v) is 8.58. The molecular formula is C20H15FN4O2. The predicted molar refractivity (Wildman–Crippen MR) is 94.9 cm³/mol. The van der Waals surface area contributed by atoms with Crippen LogP contribution >= 0.6 is 0 Å². The molecule has 3 heterocycles. The highest BCUT2D eigenvalue weighted by Gasteiger charge is 2.26. The number of hydrogen-bond donors (Lipinski definition) is 0. The molecule has 0 N–H and O–H groups in total. The van der Waals surface area contributed by atoms with E-state index in [1.807, 2.05) is 41.0 Å². The zero-order valence-electron chi connectivity index (χ0n) is 14.2. The largest absolute Gasteiger partial charge is 0.365 e. The van der Waals surface area contributed by atoms with E-state index in [1.54, 1.807) is 12.4 Å². The molecule has 27 heavy (non-hydrogen) atoms. The molecule has 6 nitrogen and oxygen atoms in total. The van der Waals surface area contributed by atoms with E-state index in [4.69, 9.17) is 9.26 Å². The first-order valence-electron chi connectivity index (χ1n) is 8.58. The maximum absolute atomic E-state index is 13.5. The van der Waals surface area contributed by atoms with E-state index in [-0.39, 0.29) is 11.9 Å². The van der Waals surface area contributed by atoms with E-state index in [9.17, 15) is 4.39 Å². The molecule has 134 valence electrons. The molecule has 0 radical (unpaired) electrons. The van der Waals surface area contributed by atoms with Gasteiger partial charge in [-0.3, -0.25) is 0 Å². The fraction of sp³-hybridized carbons (Fsp3) is 0.150. The zero-order valence-corrected chi connectivity index (χ0v) is 14.2. The number of imidazole rings is 1. The maximum Gasteiger partial charge on any atom is 0.278 e. The molecule has 1 aliphatic heterocycles. The van der Waals surface area contributed by atoms with Gasteiger partial charge in [0.1, 0.15) is 11.9 Å². The van der Waals surface area contributed by atoms with Crippen LogP contribution in [0.2, 0.25) is 0 Å². The van der Waals surface area contributed by atoms with Gasteiger partial charge in [0, 0.05) is 5.56 Å². The smallest absolute Gasteiger partial charge is 0.278 e. The summed E-state index contributed by atoms with van der Waals surface area (Å²) in [6, 6.07) is 16.1. The third-order valence-electron chi connectivity index (χ3n) is 4.61. The van der Waals surface area contributed by atoms with E-state index in [0.29, 0.717) is 30.6 Å². The SMILES string of the molecule is Fc1cccc([C@@H]2Cn3cnc(-c4nc(-c5ccccc5)no4)c3CO2)c1. The van der Waals surface area contributed by atoms with Crippen LogP contribution in [0.25, 0.3) is 23.0 Å². The Morgan fingerprint density at radius 3 is 2.81 bits per heavy atom. The van der Waals surface area contributed by atoms with E-state index < -0.39 is 0 Å². The molecule has 0 amide bonds. The number of halogens is 1. The van der Waals surface area contributed by atoms with E-state index >= 15 is 0 Å². The highest BCUT2D eigenvalue weighted by Crippen LogP contribution is 2.32. The zero-order chi connectivity index (χ0) is 18.2. The first kappa shape index (κ1) is 15.9. The summed E-state index contributed by atoms with van der Waals surface area (Å²) in [5, 5.41) is 4.05. The van der Waals surface area contributed by atoms with Crippen molar-refractivity contribution in [2.45, 2.75) is 19.3 Å². The van der Waals surface area contributed by atoms with Gasteiger partial charge in [-0.25, -0.2) is 9.37 Å². The van der Waals surface area contributed by atoms with E-state index in [1.165, 1.54) is 12.1 Å². The number of ether oxygens (including phenoxy) is 1. The summed E-state index contributed by atoms with van der Waals surface area (Å²) in [7, 11) is 0. The number of hydrogen-bond acceptors (Lipinski definition) is 5. The predicted octanol–water partition coefficient (Wildman–Crippen LogP) is 4.01. The molecule has 0 saturated carbocycles. The molecular weight excluding hydrogens is 347 g/mol. The lowest BCUT2D eigenvalue weighted by Crippen LogP contribution is -2.20. The lowest BCUT2D eigenvalue weighted by Gasteiger charge is -2.25. The van der Waals surface area contributed by atoms with Gasteiger partial charge in [-0.2, -0.15) is 4.98 Å². The average Bonchev–Trinajstić information content (AvgIpc) is 3.35. The van der Waals surface area contributed by atoms with Crippen molar-refractivity contribution in [2.75, 3.05) is 0 Å². The van der Waals surface area contributed by atoms with Crippen molar-refractivity contribution in [3.05, 3.63) is 78.0 Å². The van der Waals surface area contributed by atoms with Crippen molar-refractivity contribution in [1.82, 2.24) is 19.7 Å². The van der Waals surface area contributed by atoms with Gasteiger partial charge < -0.3 is 13.8 Å². The Hall–Kier alpha value is -3.32. The minimum atomic E-state index is -0.271. The Labute approximate surface area is 154 Å². The van der Waals surface area contributed by atoms with E-state index in [0.717, 1.165) is 16.8 Å². The summed E-state index contributed by atoms with van der Waals surface area (Å²) >= 11 is 0. The Morgan fingerprint density at radius 2 is 1.96 bits per heavy atom. The Bertz CT molecular complexity index is 1090. The number of benzene rings is 2. The van der Waals surface area contributed by atoms with Gasteiger partial charge in [-0.05, 0) is 17.7 Å². The van der Waals surface area contributed by atoms with Gasteiger partial charge in [-0.15, -0.1) is 0 Å². The monoisotopic (exact) mass is 362 g/mol. The molecule has 0 unspecified atom stereocenters. The van der Waals surface area contributed by atoms with Crippen molar-refractivity contribution < 1.29 is 13.7 Å². The number of nitrogens with zero attached hydrogens (tertiary/aromatic N) is 4. The summed E-state index contributed by atoms with van der Waals surface area (Å²) in [6.07, 6.45) is 1.50. The summed E-state index contributed by atoms with van der Waals surface area (Å²) in [5.41, 5.74) is 3.16. The molecule has 1 aliphatic rings. The van der Waals surface area contributed by atoms with Crippen LogP contribution in [0, 0.1) is 5.82 Å². The topological polar surface area (TPSA) is 66.0 Å². The molecule has 0 aliphatic carbocycles. The molecule has 2 aromatic carbocycles. The van der Waals surface area contributed by atoms with Gasteiger partial charge in [0.2, 0.25) is 5.82 Å². The van der Waals surface area contributed by atoms with Crippen LogP contribution in [0.3, 0.4) is 0 Å². The summed E-state index contributed by atoms with van der Waals surface area (Å²) in [6.45, 7) is 0.880. The van der Waals surface area contributed by atoms with Crippen molar-refractivity contribution in [3.63, 3.8) is 0 Å². The van der Waals surface area contributed by atoms with Crippen LogP contribution in [0.15, 0.2) is 65.4 Å². The second kappa shape index (κ2) is 6.44. The van der Waals surface area contributed by atoms with Crippen molar-refractivity contribution >= 4 is 0 Å². The quantitative estimate of drug-likeness (QED) is 0.551. The fourth-order valence-corrected chi connectivity index (χ4v) is 3.24. The number of rotatable bonds is 3. The Kier molecular flexibility index (Phi) is 3.79. The van der Waals surface area contributed by atoms with Crippen LogP contribution in [0.1, 0.15) is 17.4 Å². The molecule has 0 bridgehead atoms. The molecule has 7 heteroatoms. The Morgan fingerprint density at radius 1 is 1.07 bits per heavy atom. The van der Waals surface area contributed by atoms with Crippen LogP contribution in [0.4, 0.5) is 4.39 Å². The minimum absolute atomic E-state index is 0.224. The lowest BCUT2D eigenvalue weighted by molar-refractivity contribution is 0.00314.